The highest BCUT2D eigenvalue weighted by Gasteiger charge is 2.17. The highest BCUT2D eigenvalue weighted by Crippen LogP contribution is 2.31. The molecular weight excluding hydrogens is 230 g/mol. The van der Waals surface area contributed by atoms with Crippen molar-refractivity contribution in [3.05, 3.63) is 71.3 Å². The summed E-state index contributed by atoms with van der Waals surface area (Å²) in [6.45, 7) is 4.55. The summed E-state index contributed by atoms with van der Waals surface area (Å²) in [6.07, 6.45) is 0. The SMILES string of the molecule is CC(c1ccccc1)c1ccccc1C(C)N(C)C. The van der Waals surface area contributed by atoms with Crippen molar-refractivity contribution in [2.24, 2.45) is 0 Å². The Morgan fingerprint density at radius 2 is 1.26 bits per heavy atom. The molecule has 0 saturated heterocycles. The van der Waals surface area contributed by atoms with Crippen molar-refractivity contribution in [3.8, 4) is 0 Å². The Bertz CT molecular complexity index is 516. The van der Waals surface area contributed by atoms with Crippen LogP contribution in [0.2, 0.25) is 0 Å². The van der Waals surface area contributed by atoms with Crippen LogP contribution in [0.4, 0.5) is 0 Å². The van der Waals surface area contributed by atoms with Crippen LogP contribution < -0.4 is 0 Å². The molecular formula is C18H23N. The average Bonchev–Trinajstić information content (AvgIpc) is 2.46. The van der Waals surface area contributed by atoms with Gasteiger partial charge >= 0.3 is 0 Å². The van der Waals surface area contributed by atoms with Crippen molar-refractivity contribution in [3.63, 3.8) is 0 Å². The fourth-order valence-corrected chi connectivity index (χ4v) is 2.49. The Balaban J connectivity index is 2.40. The number of nitrogens with zero attached hydrogens (tertiary/aromatic N) is 1. The van der Waals surface area contributed by atoms with Crippen LogP contribution in [0.15, 0.2) is 54.6 Å². The van der Waals surface area contributed by atoms with Crippen LogP contribution in [0, 0.1) is 0 Å². The second-order valence-corrected chi connectivity index (χ2v) is 5.40. The monoisotopic (exact) mass is 253 g/mol. The molecule has 19 heavy (non-hydrogen) atoms. The molecule has 0 aromatic heterocycles. The smallest absolute Gasteiger partial charge is 0.0316 e. The fourth-order valence-electron chi connectivity index (χ4n) is 2.49. The number of hydrogen-bond acceptors (Lipinski definition) is 1. The van der Waals surface area contributed by atoms with Gasteiger partial charge in [0.2, 0.25) is 0 Å². The molecule has 0 heterocycles. The predicted molar refractivity (Wildman–Crippen MR) is 82.5 cm³/mol. The summed E-state index contributed by atoms with van der Waals surface area (Å²) in [5, 5.41) is 0. The third kappa shape index (κ3) is 3.05. The number of benzene rings is 2. The highest BCUT2D eigenvalue weighted by molar-refractivity contribution is 5.38. The third-order valence-electron chi connectivity index (χ3n) is 3.99. The van der Waals surface area contributed by atoms with E-state index >= 15 is 0 Å². The molecule has 0 radical (unpaired) electrons. The maximum atomic E-state index is 2.29. The topological polar surface area (TPSA) is 3.24 Å². The molecule has 0 aliphatic carbocycles. The average molecular weight is 253 g/mol. The van der Waals surface area contributed by atoms with Crippen molar-refractivity contribution < 1.29 is 0 Å². The summed E-state index contributed by atoms with van der Waals surface area (Å²) >= 11 is 0. The molecule has 0 aliphatic rings. The zero-order valence-corrected chi connectivity index (χ0v) is 12.3. The summed E-state index contributed by atoms with van der Waals surface area (Å²) < 4.78 is 0. The van der Waals surface area contributed by atoms with E-state index in [1.54, 1.807) is 0 Å². The van der Waals surface area contributed by atoms with Crippen LogP contribution in [0.3, 0.4) is 0 Å². The molecule has 1 heteroatoms. The van der Waals surface area contributed by atoms with Gasteiger partial charge in [0.25, 0.3) is 0 Å². The van der Waals surface area contributed by atoms with Crippen molar-refractivity contribution in [1.82, 2.24) is 4.90 Å². The quantitative estimate of drug-likeness (QED) is 0.777. The minimum Gasteiger partial charge on any atom is -0.303 e. The molecule has 1 nitrogen and oxygen atoms in total. The van der Waals surface area contributed by atoms with E-state index in [4.69, 9.17) is 0 Å². The van der Waals surface area contributed by atoms with Crippen LogP contribution >= 0.6 is 0 Å². The molecule has 0 aliphatic heterocycles. The largest absolute Gasteiger partial charge is 0.303 e. The van der Waals surface area contributed by atoms with E-state index in [-0.39, 0.29) is 0 Å². The molecule has 2 aromatic rings. The van der Waals surface area contributed by atoms with Gasteiger partial charge in [0, 0.05) is 12.0 Å². The second-order valence-electron chi connectivity index (χ2n) is 5.40. The van der Waals surface area contributed by atoms with E-state index in [0.29, 0.717) is 12.0 Å². The Kier molecular flexibility index (Phi) is 4.39. The molecule has 0 bridgehead atoms. The van der Waals surface area contributed by atoms with E-state index in [0.717, 1.165) is 0 Å². The highest BCUT2D eigenvalue weighted by atomic mass is 15.1. The lowest BCUT2D eigenvalue weighted by Gasteiger charge is -2.25. The minimum absolute atomic E-state index is 0.430. The zero-order chi connectivity index (χ0) is 13.8. The zero-order valence-electron chi connectivity index (χ0n) is 12.3. The molecule has 0 N–H and O–H groups in total. The first kappa shape index (κ1) is 13.8. The Morgan fingerprint density at radius 1 is 0.737 bits per heavy atom. The summed E-state index contributed by atoms with van der Waals surface area (Å²) in [5.74, 6) is 0.430. The van der Waals surface area contributed by atoms with Gasteiger partial charge in [-0.1, -0.05) is 61.5 Å². The first-order valence-electron chi connectivity index (χ1n) is 6.91. The molecule has 0 amide bonds. The molecule has 2 unspecified atom stereocenters. The summed E-state index contributed by atoms with van der Waals surface area (Å²) in [7, 11) is 4.27. The molecule has 0 spiro atoms. The van der Waals surface area contributed by atoms with Gasteiger partial charge in [-0.25, -0.2) is 0 Å². The van der Waals surface area contributed by atoms with Gasteiger partial charge in [0.05, 0.1) is 0 Å². The van der Waals surface area contributed by atoms with Crippen LogP contribution in [-0.4, -0.2) is 19.0 Å². The molecule has 2 atom stereocenters. The standard InChI is InChI=1S/C18H23N/c1-14(16-10-6-5-7-11-16)17-12-8-9-13-18(17)15(2)19(3)4/h5-15H,1-4H3. The predicted octanol–water partition coefficient (Wildman–Crippen LogP) is 4.46. The third-order valence-corrected chi connectivity index (χ3v) is 3.99. The van der Waals surface area contributed by atoms with Gasteiger partial charge in [-0.05, 0) is 37.7 Å². The molecule has 100 valence electrons. The van der Waals surface area contributed by atoms with Gasteiger partial charge in [0.1, 0.15) is 0 Å². The minimum atomic E-state index is 0.430. The van der Waals surface area contributed by atoms with E-state index in [1.165, 1.54) is 16.7 Å². The second kappa shape index (κ2) is 6.03. The first-order valence-corrected chi connectivity index (χ1v) is 6.91. The first-order chi connectivity index (χ1) is 9.11. The summed E-state index contributed by atoms with van der Waals surface area (Å²) in [6, 6.07) is 19.9. The Morgan fingerprint density at radius 3 is 1.84 bits per heavy atom. The number of rotatable bonds is 4. The van der Waals surface area contributed by atoms with Crippen molar-refractivity contribution in [2.45, 2.75) is 25.8 Å². The van der Waals surface area contributed by atoms with Gasteiger partial charge in [0.15, 0.2) is 0 Å². The Hall–Kier alpha value is -1.60. The van der Waals surface area contributed by atoms with Gasteiger partial charge in [-0.15, -0.1) is 0 Å². The van der Waals surface area contributed by atoms with Gasteiger partial charge < -0.3 is 4.90 Å². The summed E-state index contributed by atoms with van der Waals surface area (Å²) in [4.78, 5) is 2.26. The van der Waals surface area contributed by atoms with E-state index in [2.05, 4.69) is 87.4 Å². The van der Waals surface area contributed by atoms with Crippen LogP contribution in [-0.2, 0) is 0 Å². The van der Waals surface area contributed by atoms with Gasteiger partial charge in [-0.2, -0.15) is 0 Å². The maximum Gasteiger partial charge on any atom is 0.0316 e. The van der Waals surface area contributed by atoms with Crippen molar-refractivity contribution in [2.75, 3.05) is 14.1 Å². The number of hydrogen-bond donors (Lipinski definition) is 0. The van der Waals surface area contributed by atoms with Gasteiger partial charge in [-0.3, -0.25) is 0 Å². The van der Waals surface area contributed by atoms with Crippen LogP contribution in [0.5, 0.6) is 0 Å². The van der Waals surface area contributed by atoms with Crippen molar-refractivity contribution >= 4 is 0 Å². The lowest BCUT2D eigenvalue weighted by atomic mass is 9.87. The molecule has 0 saturated carbocycles. The lowest BCUT2D eigenvalue weighted by Crippen LogP contribution is -2.18. The van der Waals surface area contributed by atoms with E-state index in [1.807, 2.05) is 0 Å². The maximum absolute atomic E-state index is 2.29. The lowest BCUT2D eigenvalue weighted by molar-refractivity contribution is 0.319. The van der Waals surface area contributed by atoms with E-state index < -0.39 is 0 Å². The summed E-state index contributed by atoms with van der Waals surface area (Å²) in [5.41, 5.74) is 4.22. The molecule has 2 aromatic carbocycles. The molecule has 2 rings (SSSR count). The van der Waals surface area contributed by atoms with Crippen LogP contribution in [0.1, 0.15) is 42.5 Å². The normalized spacial score (nSPS) is 14.4. The molecule has 0 fully saturated rings. The van der Waals surface area contributed by atoms with E-state index in [9.17, 15) is 0 Å². The fraction of sp³-hybridized carbons (Fsp3) is 0.333. The van der Waals surface area contributed by atoms with Crippen molar-refractivity contribution in [1.29, 1.82) is 0 Å². The van der Waals surface area contributed by atoms with Crippen LogP contribution in [0.25, 0.3) is 0 Å². The Labute approximate surface area is 116 Å².